The van der Waals surface area contributed by atoms with Crippen molar-refractivity contribution < 1.29 is 14.3 Å². The minimum absolute atomic E-state index is 0.0578. The van der Waals surface area contributed by atoms with Crippen LogP contribution in [0.15, 0.2) is 54.6 Å². The van der Waals surface area contributed by atoms with E-state index in [1.54, 1.807) is 36.2 Å². The fraction of sp³-hybridized carbons (Fsp3) is 0.300. The van der Waals surface area contributed by atoms with E-state index in [2.05, 4.69) is 0 Å². The Labute approximate surface area is 148 Å². The van der Waals surface area contributed by atoms with Gasteiger partial charge in [-0.15, -0.1) is 0 Å². The SMILES string of the molecule is CCN(CC)C(=O)CN(C)C(=O)c1cccc(Oc2ccccc2)c1. The Bertz CT molecular complexity index is 712. The molecule has 0 bridgehead atoms. The largest absolute Gasteiger partial charge is 0.457 e. The maximum Gasteiger partial charge on any atom is 0.254 e. The molecule has 0 fully saturated rings. The van der Waals surface area contributed by atoms with Crippen LogP contribution in [0.3, 0.4) is 0 Å². The lowest BCUT2D eigenvalue weighted by Crippen LogP contribution is -2.41. The number of carbonyl (C=O) groups is 2. The summed E-state index contributed by atoms with van der Waals surface area (Å²) >= 11 is 0. The molecule has 0 unspecified atom stereocenters. The van der Waals surface area contributed by atoms with Crippen molar-refractivity contribution in [1.29, 1.82) is 0 Å². The first-order valence-corrected chi connectivity index (χ1v) is 8.41. The van der Waals surface area contributed by atoms with Gasteiger partial charge < -0.3 is 14.5 Å². The second kappa shape index (κ2) is 8.87. The van der Waals surface area contributed by atoms with Gasteiger partial charge in [0.05, 0.1) is 6.54 Å². The molecule has 2 aromatic carbocycles. The molecule has 2 amide bonds. The fourth-order valence-corrected chi connectivity index (χ4v) is 2.49. The van der Waals surface area contributed by atoms with Gasteiger partial charge in [-0.2, -0.15) is 0 Å². The van der Waals surface area contributed by atoms with E-state index in [0.717, 1.165) is 0 Å². The summed E-state index contributed by atoms with van der Waals surface area (Å²) in [6.45, 7) is 5.18. The third-order valence-corrected chi connectivity index (χ3v) is 3.90. The molecule has 0 spiro atoms. The second-order valence-electron chi connectivity index (χ2n) is 5.67. The first-order chi connectivity index (χ1) is 12.0. The Morgan fingerprint density at radius 1 is 0.920 bits per heavy atom. The topological polar surface area (TPSA) is 49.9 Å². The number of ether oxygens (including phenoxy) is 1. The van der Waals surface area contributed by atoms with Crippen molar-refractivity contribution in [3.63, 3.8) is 0 Å². The second-order valence-corrected chi connectivity index (χ2v) is 5.67. The molecule has 132 valence electrons. The maximum absolute atomic E-state index is 12.6. The monoisotopic (exact) mass is 340 g/mol. The third kappa shape index (κ3) is 5.08. The van der Waals surface area contributed by atoms with E-state index in [9.17, 15) is 9.59 Å². The van der Waals surface area contributed by atoms with Crippen LogP contribution in [0.2, 0.25) is 0 Å². The number of carbonyl (C=O) groups excluding carboxylic acids is 2. The van der Waals surface area contributed by atoms with Crippen LogP contribution in [0, 0.1) is 0 Å². The highest BCUT2D eigenvalue weighted by Crippen LogP contribution is 2.22. The molecule has 5 nitrogen and oxygen atoms in total. The summed E-state index contributed by atoms with van der Waals surface area (Å²) in [4.78, 5) is 27.9. The molecule has 2 rings (SSSR count). The molecule has 0 aromatic heterocycles. The van der Waals surface area contributed by atoms with Crippen molar-refractivity contribution in [3.8, 4) is 11.5 Å². The Morgan fingerprint density at radius 2 is 1.56 bits per heavy atom. The van der Waals surface area contributed by atoms with E-state index in [0.29, 0.717) is 30.2 Å². The van der Waals surface area contributed by atoms with Crippen LogP contribution >= 0.6 is 0 Å². The van der Waals surface area contributed by atoms with Crippen molar-refractivity contribution in [2.45, 2.75) is 13.8 Å². The lowest BCUT2D eigenvalue weighted by Gasteiger charge is -2.23. The van der Waals surface area contributed by atoms with Crippen LogP contribution in [0.1, 0.15) is 24.2 Å². The Balaban J connectivity index is 2.06. The Kier molecular flexibility index (Phi) is 6.57. The average molecular weight is 340 g/mol. The molecule has 0 aliphatic rings. The third-order valence-electron chi connectivity index (χ3n) is 3.90. The van der Waals surface area contributed by atoms with Crippen molar-refractivity contribution in [2.75, 3.05) is 26.7 Å². The number of benzene rings is 2. The van der Waals surface area contributed by atoms with Crippen molar-refractivity contribution >= 4 is 11.8 Å². The average Bonchev–Trinajstić information content (AvgIpc) is 2.63. The van der Waals surface area contributed by atoms with Crippen LogP contribution in [0.5, 0.6) is 11.5 Å². The van der Waals surface area contributed by atoms with Crippen molar-refractivity contribution in [1.82, 2.24) is 9.80 Å². The van der Waals surface area contributed by atoms with E-state index in [4.69, 9.17) is 4.74 Å². The molecule has 0 N–H and O–H groups in total. The quantitative estimate of drug-likeness (QED) is 0.776. The van der Waals surface area contributed by atoms with Gasteiger partial charge in [0, 0.05) is 25.7 Å². The van der Waals surface area contributed by atoms with E-state index < -0.39 is 0 Å². The number of nitrogens with zero attached hydrogens (tertiary/aromatic N) is 2. The van der Waals surface area contributed by atoms with Gasteiger partial charge in [-0.25, -0.2) is 0 Å². The van der Waals surface area contributed by atoms with Crippen LogP contribution < -0.4 is 4.74 Å². The number of hydrogen-bond acceptors (Lipinski definition) is 3. The number of likely N-dealkylation sites (N-methyl/N-ethyl adjacent to an activating group) is 2. The smallest absolute Gasteiger partial charge is 0.254 e. The highest BCUT2D eigenvalue weighted by atomic mass is 16.5. The fourth-order valence-electron chi connectivity index (χ4n) is 2.49. The summed E-state index contributed by atoms with van der Waals surface area (Å²) in [5.74, 6) is 1.02. The first-order valence-electron chi connectivity index (χ1n) is 8.41. The number of rotatable bonds is 7. The van der Waals surface area contributed by atoms with Gasteiger partial charge in [-0.3, -0.25) is 9.59 Å². The van der Waals surface area contributed by atoms with Crippen LogP contribution in [-0.2, 0) is 4.79 Å². The Morgan fingerprint density at radius 3 is 2.20 bits per heavy atom. The molecular formula is C20H24N2O3. The molecular weight excluding hydrogens is 316 g/mol. The summed E-state index contributed by atoms with van der Waals surface area (Å²) in [5.41, 5.74) is 0.489. The molecule has 0 saturated heterocycles. The number of amides is 2. The molecule has 0 heterocycles. The van der Waals surface area contributed by atoms with Gasteiger partial charge in [0.15, 0.2) is 0 Å². The van der Waals surface area contributed by atoms with Gasteiger partial charge in [0.2, 0.25) is 5.91 Å². The summed E-state index contributed by atoms with van der Waals surface area (Å²) in [6, 6.07) is 16.4. The summed E-state index contributed by atoms with van der Waals surface area (Å²) in [6.07, 6.45) is 0. The van der Waals surface area contributed by atoms with Gasteiger partial charge >= 0.3 is 0 Å². The summed E-state index contributed by atoms with van der Waals surface area (Å²) in [5, 5.41) is 0. The maximum atomic E-state index is 12.6. The summed E-state index contributed by atoms with van der Waals surface area (Å²) < 4.78 is 5.76. The molecule has 25 heavy (non-hydrogen) atoms. The molecule has 0 saturated carbocycles. The molecule has 0 atom stereocenters. The predicted octanol–water partition coefficient (Wildman–Crippen LogP) is 3.42. The standard InChI is InChI=1S/C20H24N2O3/c1-4-22(5-2)19(23)15-21(3)20(24)16-10-9-13-18(14-16)25-17-11-7-6-8-12-17/h6-14H,4-5,15H2,1-3H3. The normalized spacial score (nSPS) is 10.2. The molecule has 0 aliphatic heterocycles. The zero-order chi connectivity index (χ0) is 18.2. The zero-order valence-corrected chi connectivity index (χ0v) is 14.9. The summed E-state index contributed by atoms with van der Waals surface area (Å²) in [7, 11) is 1.63. The minimum atomic E-state index is -0.209. The number of para-hydroxylation sites is 1. The van der Waals surface area contributed by atoms with E-state index >= 15 is 0 Å². The molecule has 0 radical (unpaired) electrons. The van der Waals surface area contributed by atoms with Gasteiger partial charge in [-0.05, 0) is 44.2 Å². The minimum Gasteiger partial charge on any atom is -0.457 e. The van der Waals surface area contributed by atoms with E-state index in [-0.39, 0.29) is 18.4 Å². The first kappa shape index (κ1) is 18.5. The highest BCUT2D eigenvalue weighted by Gasteiger charge is 2.18. The van der Waals surface area contributed by atoms with E-state index in [1.165, 1.54) is 4.90 Å². The van der Waals surface area contributed by atoms with Crippen LogP contribution in [-0.4, -0.2) is 48.3 Å². The molecule has 2 aromatic rings. The molecule has 0 aliphatic carbocycles. The van der Waals surface area contributed by atoms with Crippen molar-refractivity contribution in [2.24, 2.45) is 0 Å². The Hall–Kier alpha value is -2.82. The van der Waals surface area contributed by atoms with Crippen LogP contribution in [0.25, 0.3) is 0 Å². The molecule has 5 heteroatoms. The number of hydrogen-bond donors (Lipinski definition) is 0. The van der Waals surface area contributed by atoms with Gasteiger partial charge in [-0.1, -0.05) is 24.3 Å². The van der Waals surface area contributed by atoms with E-state index in [1.807, 2.05) is 44.2 Å². The highest BCUT2D eigenvalue weighted by molar-refractivity contribution is 5.96. The van der Waals surface area contributed by atoms with Crippen molar-refractivity contribution in [3.05, 3.63) is 60.2 Å². The zero-order valence-electron chi connectivity index (χ0n) is 14.9. The van der Waals surface area contributed by atoms with Crippen LogP contribution in [0.4, 0.5) is 0 Å². The van der Waals surface area contributed by atoms with Gasteiger partial charge in [0.25, 0.3) is 5.91 Å². The lowest BCUT2D eigenvalue weighted by atomic mass is 10.2. The predicted molar refractivity (Wildman–Crippen MR) is 97.8 cm³/mol. The lowest BCUT2D eigenvalue weighted by molar-refractivity contribution is -0.131. The van der Waals surface area contributed by atoms with Gasteiger partial charge in [0.1, 0.15) is 11.5 Å².